The third kappa shape index (κ3) is 7.64. The molecule has 2 aromatic heterocycles. The Balaban J connectivity index is 0.853. The van der Waals surface area contributed by atoms with Crippen LogP contribution in [0.5, 0.6) is 0 Å². The number of rotatable bonds is 11. The summed E-state index contributed by atoms with van der Waals surface area (Å²) in [6, 6.07) is 18.6. The van der Waals surface area contributed by atoms with Crippen LogP contribution in [-0.2, 0) is 31.9 Å². The van der Waals surface area contributed by atoms with Crippen molar-refractivity contribution in [3.8, 4) is 33.5 Å². The zero-order chi connectivity index (χ0) is 46.5. The molecule has 3 saturated carbocycles. The predicted octanol–water partition coefficient (Wildman–Crippen LogP) is 9.03. The molecule has 3 aromatic carbocycles. The van der Waals surface area contributed by atoms with Crippen molar-refractivity contribution in [3.05, 3.63) is 83.6 Å². The number of alkyl carbamates (subject to hydrolysis) is 2. The van der Waals surface area contributed by atoms with Crippen molar-refractivity contribution < 1.29 is 28.7 Å². The number of nitrogens with zero attached hydrogens (tertiary/aromatic N) is 4. The van der Waals surface area contributed by atoms with E-state index in [1.165, 1.54) is 67.7 Å². The van der Waals surface area contributed by atoms with Gasteiger partial charge in [0.05, 0.1) is 49.2 Å². The van der Waals surface area contributed by atoms with Gasteiger partial charge in [0, 0.05) is 12.1 Å². The lowest BCUT2D eigenvalue weighted by Crippen LogP contribution is -2.52. The molecule has 67 heavy (non-hydrogen) atoms. The number of hydrogen-bond acceptors (Lipinski definition) is 8. The summed E-state index contributed by atoms with van der Waals surface area (Å²) < 4.78 is 9.71. The number of imidazole rings is 2. The third-order valence-corrected chi connectivity index (χ3v) is 16.2. The lowest BCUT2D eigenvalue weighted by Gasteiger charge is -2.31. The van der Waals surface area contributed by atoms with Crippen molar-refractivity contribution in [1.29, 1.82) is 0 Å². The molecular formula is C53H62N8O6. The van der Waals surface area contributed by atoms with Gasteiger partial charge in [0.25, 0.3) is 0 Å². The normalized spacial score (nSPS) is 25.0. The fraction of sp³-hybridized carbons (Fsp3) is 0.509. The molecule has 5 aromatic rings. The first-order valence-corrected chi connectivity index (χ1v) is 24.5. The minimum atomic E-state index is -0.678. The zero-order valence-electron chi connectivity index (χ0n) is 39.4. The molecule has 0 radical (unpaired) electrons. The van der Waals surface area contributed by atoms with Crippen molar-refractivity contribution in [3.63, 3.8) is 0 Å². The van der Waals surface area contributed by atoms with E-state index in [1.807, 2.05) is 43.7 Å². The molecule has 0 bridgehead atoms. The Labute approximate surface area is 391 Å². The maximum atomic E-state index is 14.1. The van der Waals surface area contributed by atoms with Crippen LogP contribution in [-0.4, -0.2) is 92.1 Å². The fourth-order valence-corrected chi connectivity index (χ4v) is 12.5. The highest BCUT2D eigenvalue weighted by Crippen LogP contribution is 2.56. The SMILES string of the molecule is COC(=O)NC(C(=O)N1C(c2nc3ccc(-c4ccc(-c5ccc(-c6cnc([C@@H]7CC8CC8N7C(=O)[C@@H](NC(=O)OC)C(C)C)[nH]6)cc5)c5c4CC4(CCCC4)C5)cc3[nH]2)CC2CC21)C(C)C. The number of likely N-dealkylation sites (tertiary alicyclic amines) is 2. The molecular weight excluding hydrogens is 845 g/mol. The van der Waals surface area contributed by atoms with E-state index >= 15 is 0 Å². The second kappa shape index (κ2) is 16.6. The standard InChI is InChI=1S/C53H62N8O6/c1-27(2)45(58-51(64)66-5)49(62)60-41-20-32(41)22-43(60)47-54-26-40(57-47)30-11-9-29(10-12-30)34-14-15-35(37-25-53(24-36(34)37)17-7-8-18-53)31-13-16-38-39(19-31)56-48(55-38)44-23-33-21-42(33)61(44)50(63)46(28(3)4)59-52(65)67-6/h9-16,19,26-28,32-33,41-46H,7-8,17-18,20-25H2,1-6H3,(H,54,57)(H,55,56)(H,58,64)(H,59,65)/t32?,33?,41?,42?,43-,44?,45-,46?/m0/s1. The zero-order valence-corrected chi connectivity index (χ0v) is 39.4. The van der Waals surface area contributed by atoms with Crippen LogP contribution in [0.25, 0.3) is 44.5 Å². The molecule has 2 aliphatic heterocycles. The number of methoxy groups -OCH3 is 2. The Morgan fingerprint density at radius 3 is 1.75 bits per heavy atom. The van der Waals surface area contributed by atoms with E-state index in [4.69, 9.17) is 19.4 Å². The predicted molar refractivity (Wildman–Crippen MR) is 253 cm³/mol. The number of hydrogen-bond donors (Lipinski definition) is 4. The van der Waals surface area contributed by atoms with Crippen LogP contribution in [0.4, 0.5) is 9.59 Å². The number of aromatic nitrogens is 4. The molecule has 14 nitrogen and oxygen atoms in total. The fourth-order valence-electron chi connectivity index (χ4n) is 12.5. The van der Waals surface area contributed by atoms with Gasteiger partial charge in [-0.25, -0.2) is 19.6 Å². The highest BCUT2D eigenvalue weighted by molar-refractivity contribution is 5.89. The van der Waals surface area contributed by atoms with Gasteiger partial charge >= 0.3 is 12.2 Å². The molecule has 4 amide bonds. The molecule has 8 atom stereocenters. The monoisotopic (exact) mass is 906 g/mol. The second-order valence-corrected chi connectivity index (χ2v) is 21.1. The van der Waals surface area contributed by atoms with Gasteiger partial charge in [0.1, 0.15) is 23.7 Å². The Hall–Kier alpha value is -6.18. The van der Waals surface area contributed by atoms with E-state index in [0.717, 1.165) is 78.0 Å². The summed E-state index contributed by atoms with van der Waals surface area (Å²) in [5.74, 6) is 2.11. The van der Waals surface area contributed by atoms with Gasteiger partial charge in [-0.15, -0.1) is 0 Å². The van der Waals surface area contributed by atoms with Crippen molar-refractivity contribution >= 4 is 35.0 Å². The maximum Gasteiger partial charge on any atom is 0.407 e. The van der Waals surface area contributed by atoms with Crippen LogP contribution >= 0.6 is 0 Å². The largest absolute Gasteiger partial charge is 0.453 e. The lowest BCUT2D eigenvalue weighted by molar-refractivity contribution is -0.137. The van der Waals surface area contributed by atoms with Crippen LogP contribution < -0.4 is 10.6 Å². The Morgan fingerprint density at radius 1 is 0.672 bits per heavy atom. The van der Waals surface area contributed by atoms with Gasteiger partial charge in [-0.05, 0) is 132 Å². The Kier molecular flexibility index (Phi) is 10.7. The van der Waals surface area contributed by atoms with Gasteiger partial charge in [-0.1, -0.05) is 83.0 Å². The number of amides is 4. The van der Waals surface area contributed by atoms with E-state index in [0.29, 0.717) is 17.3 Å². The number of fused-ring (bicyclic) bond motifs is 4. The molecule has 4 heterocycles. The smallest absolute Gasteiger partial charge is 0.407 e. The molecule has 2 saturated heterocycles. The highest BCUT2D eigenvalue weighted by Gasteiger charge is 2.57. The summed E-state index contributed by atoms with van der Waals surface area (Å²) in [7, 11) is 2.63. The average molecular weight is 907 g/mol. The van der Waals surface area contributed by atoms with E-state index in [1.54, 1.807) is 0 Å². The molecule has 14 heteroatoms. The summed E-state index contributed by atoms with van der Waals surface area (Å²) >= 11 is 0. The van der Waals surface area contributed by atoms with Crippen LogP contribution in [0.1, 0.15) is 114 Å². The third-order valence-electron chi connectivity index (χ3n) is 16.2. The quantitative estimate of drug-likeness (QED) is 0.102. The van der Waals surface area contributed by atoms with Gasteiger partial charge in [-0.3, -0.25) is 9.59 Å². The second-order valence-electron chi connectivity index (χ2n) is 21.1. The minimum Gasteiger partial charge on any atom is -0.453 e. The molecule has 11 rings (SSSR count). The summed E-state index contributed by atoms with van der Waals surface area (Å²) in [6.45, 7) is 7.76. The highest BCUT2D eigenvalue weighted by atomic mass is 16.5. The van der Waals surface area contributed by atoms with Gasteiger partial charge in [-0.2, -0.15) is 0 Å². The number of benzene rings is 3. The topological polar surface area (TPSA) is 175 Å². The van der Waals surface area contributed by atoms with E-state index < -0.39 is 24.3 Å². The van der Waals surface area contributed by atoms with Crippen molar-refractivity contribution in [2.24, 2.45) is 29.1 Å². The van der Waals surface area contributed by atoms with Gasteiger partial charge < -0.3 is 39.9 Å². The first kappa shape index (κ1) is 43.4. The molecule has 4 aliphatic carbocycles. The Morgan fingerprint density at radius 2 is 1.19 bits per heavy atom. The minimum absolute atomic E-state index is 0.0805. The first-order valence-electron chi connectivity index (χ1n) is 24.5. The van der Waals surface area contributed by atoms with Crippen molar-refractivity contribution in [2.75, 3.05) is 14.2 Å². The first-order chi connectivity index (χ1) is 32.3. The summed E-state index contributed by atoms with van der Waals surface area (Å²) in [6.07, 6.45) is 11.5. The number of H-pyrrole nitrogens is 2. The van der Waals surface area contributed by atoms with Crippen LogP contribution in [0, 0.1) is 29.1 Å². The van der Waals surface area contributed by atoms with Gasteiger partial charge in [0.2, 0.25) is 11.8 Å². The molecule has 6 unspecified atom stereocenters. The molecule has 350 valence electrons. The Bertz CT molecular complexity index is 2770. The van der Waals surface area contributed by atoms with Gasteiger partial charge in [0.15, 0.2) is 0 Å². The lowest BCUT2D eigenvalue weighted by atomic mass is 9.82. The number of aromatic amines is 2. The van der Waals surface area contributed by atoms with Crippen LogP contribution in [0.2, 0.25) is 0 Å². The average Bonchev–Trinajstić information content (AvgIpc) is 3.77. The maximum absolute atomic E-state index is 14.1. The number of carbonyl (C=O) groups excluding carboxylic acids is 4. The van der Waals surface area contributed by atoms with E-state index in [9.17, 15) is 19.2 Å². The number of carbonyl (C=O) groups is 4. The summed E-state index contributed by atoms with van der Waals surface area (Å²) in [5, 5.41) is 5.55. The number of ether oxygens (including phenoxy) is 2. The van der Waals surface area contributed by atoms with Crippen LogP contribution in [0.3, 0.4) is 0 Å². The van der Waals surface area contributed by atoms with Crippen LogP contribution in [0.15, 0.2) is 60.8 Å². The van der Waals surface area contributed by atoms with Crippen molar-refractivity contribution in [1.82, 2.24) is 40.4 Å². The molecule has 6 aliphatic rings. The van der Waals surface area contributed by atoms with E-state index in [-0.39, 0.29) is 47.8 Å². The summed E-state index contributed by atoms with van der Waals surface area (Å²) in [4.78, 5) is 73.5. The molecule has 5 fully saturated rings. The number of piperidine rings is 2. The van der Waals surface area contributed by atoms with Crippen molar-refractivity contribution in [2.45, 2.75) is 128 Å². The molecule has 1 spiro atoms. The summed E-state index contributed by atoms with van der Waals surface area (Å²) in [5.41, 5.74) is 11.9. The molecule has 4 N–H and O–H groups in total. The number of nitrogens with one attached hydrogen (secondary N) is 4. The van der Waals surface area contributed by atoms with E-state index in [2.05, 4.69) is 75.2 Å².